The van der Waals surface area contributed by atoms with E-state index in [0.717, 1.165) is 46.1 Å². The van der Waals surface area contributed by atoms with E-state index in [0.29, 0.717) is 13.2 Å². The van der Waals surface area contributed by atoms with Crippen LogP contribution in [0.4, 0.5) is 0 Å². The number of carboxylic acid groups (broad SMARTS) is 1. The van der Waals surface area contributed by atoms with Crippen LogP contribution in [0, 0.1) is 6.92 Å². The number of aromatic nitrogens is 1. The molecule has 1 aromatic heterocycles. The average molecular weight is 403 g/mol. The Morgan fingerprint density at radius 3 is 2.27 bits per heavy atom. The third kappa shape index (κ3) is 4.40. The van der Waals surface area contributed by atoms with Gasteiger partial charge in [-0.1, -0.05) is 30.3 Å². The first-order valence-corrected chi connectivity index (χ1v) is 10.2. The van der Waals surface area contributed by atoms with Crippen LogP contribution in [-0.2, 0) is 11.3 Å². The second-order valence-electron chi connectivity index (χ2n) is 7.40. The Labute approximate surface area is 175 Å². The van der Waals surface area contributed by atoms with E-state index in [4.69, 9.17) is 9.47 Å². The molecule has 0 aliphatic carbocycles. The van der Waals surface area contributed by atoms with Gasteiger partial charge in [0.2, 0.25) is 0 Å². The minimum absolute atomic E-state index is 0.0796. The third-order valence-electron chi connectivity index (χ3n) is 5.10. The van der Waals surface area contributed by atoms with Crippen molar-refractivity contribution in [2.45, 2.75) is 26.3 Å². The van der Waals surface area contributed by atoms with Gasteiger partial charge < -0.3 is 19.1 Å². The number of aryl methyl sites for hydroxylation is 1. The highest BCUT2D eigenvalue weighted by Crippen LogP contribution is 2.31. The first kappa shape index (κ1) is 19.8. The summed E-state index contributed by atoms with van der Waals surface area (Å²) in [7, 11) is 0. The lowest BCUT2D eigenvalue weighted by molar-refractivity contribution is -0.137. The molecule has 30 heavy (non-hydrogen) atoms. The second-order valence-corrected chi connectivity index (χ2v) is 7.40. The zero-order chi connectivity index (χ0) is 20.9. The van der Waals surface area contributed by atoms with Crippen molar-refractivity contribution in [3.05, 3.63) is 72.3 Å². The van der Waals surface area contributed by atoms with E-state index < -0.39 is 5.97 Å². The molecule has 0 radical (unpaired) electrons. The maximum Gasteiger partial charge on any atom is 0.323 e. The number of ether oxygens (including phenoxy) is 2. The average Bonchev–Trinajstić information content (AvgIpc) is 3.03. The SMILES string of the molecule is Cc1cccc(OCCCCOc2ccc3c4ccccc4n(CC(=O)O)c3c2)c1. The van der Waals surface area contributed by atoms with Crippen molar-refractivity contribution in [3.8, 4) is 11.5 Å². The highest BCUT2D eigenvalue weighted by molar-refractivity contribution is 6.08. The van der Waals surface area contributed by atoms with E-state index in [-0.39, 0.29) is 6.54 Å². The maximum absolute atomic E-state index is 11.4. The molecule has 0 aliphatic heterocycles. The van der Waals surface area contributed by atoms with Gasteiger partial charge in [-0.2, -0.15) is 0 Å². The molecule has 5 nitrogen and oxygen atoms in total. The number of aliphatic carboxylic acids is 1. The van der Waals surface area contributed by atoms with Crippen LogP contribution in [0.1, 0.15) is 18.4 Å². The Hall–Kier alpha value is -3.47. The molecular weight excluding hydrogens is 378 g/mol. The van der Waals surface area contributed by atoms with Gasteiger partial charge in [0, 0.05) is 22.4 Å². The smallest absolute Gasteiger partial charge is 0.323 e. The van der Waals surface area contributed by atoms with Crippen molar-refractivity contribution in [1.29, 1.82) is 0 Å². The minimum Gasteiger partial charge on any atom is -0.494 e. The van der Waals surface area contributed by atoms with E-state index in [1.165, 1.54) is 5.56 Å². The molecule has 154 valence electrons. The zero-order valence-electron chi connectivity index (χ0n) is 17.0. The number of rotatable bonds is 9. The summed E-state index contributed by atoms with van der Waals surface area (Å²) in [6.45, 7) is 3.21. The lowest BCUT2D eigenvalue weighted by Gasteiger charge is -2.09. The van der Waals surface area contributed by atoms with Gasteiger partial charge in [0.15, 0.2) is 0 Å². The number of fused-ring (bicyclic) bond motifs is 3. The Kier molecular flexibility index (Phi) is 5.89. The van der Waals surface area contributed by atoms with E-state index in [2.05, 4.69) is 0 Å². The van der Waals surface area contributed by atoms with Gasteiger partial charge in [0.1, 0.15) is 18.0 Å². The summed E-state index contributed by atoms with van der Waals surface area (Å²) in [5.41, 5.74) is 2.98. The van der Waals surface area contributed by atoms with Crippen LogP contribution in [0.15, 0.2) is 66.7 Å². The molecule has 0 saturated heterocycles. The van der Waals surface area contributed by atoms with Gasteiger partial charge in [-0.25, -0.2) is 0 Å². The van der Waals surface area contributed by atoms with Gasteiger partial charge in [0.05, 0.1) is 18.7 Å². The number of benzene rings is 3. The monoisotopic (exact) mass is 403 g/mol. The fourth-order valence-corrected chi connectivity index (χ4v) is 3.71. The van der Waals surface area contributed by atoms with E-state index in [1.807, 2.05) is 78.2 Å². The van der Waals surface area contributed by atoms with Gasteiger partial charge >= 0.3 is 5.97 Å². The summed E-state index contributed by atoms with van der Waals surface area (Å²) in [6, 6.07) is 21.8. The topological polar surface area (TPSA) is 60.7 Å². The zero-order valence-corrected chi connectivity index (χ0v) is 17.0. The van der Waals surface area contributed by atoms with Crippen LogP contribution in [0.3, 0.4) is 0 Å². The lowest BCUT2D eigenvalue weighted by atomic mass is 10.1. The Morgan fingerprint density at radius 2 is 1.53 bits per heavy atom. The van der Waals surface area contributed by atoms with Gasteiger partial charge in [-0.05, 0) is 55.7 Å². The number of unbranched alkanes of at least 4 members (excludes halogenated alkanes) is 1. The number of para-hydroxylation sites is 1. The van der Waals surface area contributed by atoms with Crippen LogP contribution in [0.25, 0.3) is 21.8 Å². The summed E-state index contributed by atoms with van der Waals surface area (Å²) in [6.07, 6.45) is 1.78. The molecule has 0 fully saturated rings. The van der Waals surface area contributed by atoms with Crippen LogP contribution in [0.2, 0.25) is 0 Å². The minimum atomic E-state index is -0.863. The molecule has 0 bridgehead atoms. The van der Waals surface area contributed by atoms with Crippen molar-refractivity contribution >= 4 is 27.8 Å². The molecular formula is C25H25NO4. The maximum atomic E-state index is 11.4. The normalized spacial score (nSPS) is 11.1. The van der Waals surface area contributed by atoms with E-state index >= 15 is 0 Å². The van der Waals surface area contributed by atoms with Crippen molar-refractivity contribution in [1.82, 2.24) is 4.57 Å². The lowest BCUT2D eigenvalue weighted by Crippen LogP contribution is -2.08. The molecule has 1 heterocycles. The number of carboxylic acids is 1. The van der Waals surface area contributed by atoms with Crippen LogP contribution < -0.4 is 9.47 Å². The van der Waals surface area contributed by atoms with Crippen molar-refractivity contribution < 1.29 is 19.4 Å². The standard InChI is InChI=1S/C25H25NO4/c1-18-7-6-8-19(15-18)29-13-4-5-14-30-20-11-12-22-21-9-2-3-10-23(21)26(17-25(27)28)24(22)16-20/h2-3,6-12,15-16H,4-5,13-14,17H2,1H3,(H,27,28). The summed E-state index contributed by atoms with van der Waals surface area (Å²) in [4.78, 5) is 11.4. The molecule has 0 amide bonds. The van der Waals surface area contributed by atoms with Gasteiger partial charge in [0.25, 0.3) is 0 Å². The summed E-state index contributed by atoms with van der Waals surface area (Å²) in [5.74, 6) is 0.779. The second kappa shape index (κ2) is 8.91. The quantitative estimate of drug-likeness (QED) is 0.379. The molecule has 1 N–H and O–H groups in total. The summed E-state index contributed by atoms with van der Waals surface area (Å²) < 4.78 is 13.5. The van der Waals surface area contributed by atoms with Crippen LogP contribution in [0.5, 0.6) is 11.5 Å². The Morgan fingerprint density at radius 1 is 0.833 bits per heavy atom. The number of nitrogens with zero attached hydrogens (tertiary/aromatic N) is 1. The molecule has 0 unspecified atom stereocenters. The Bertz CT molecular complexity index is 1180. The number of carbonyl (C=O) groups is 1. The van der Waals surface area contributed by atoms with Crippen molar-refractivity contribution in [3.63, 3.8) is 0 Å². The van der Waals surface area contributed by atoms with Crippen molar-refractivity contribution in [2.24, 2.45) is 0 Å². The highest BCUT2D eigenvalue weighted by Gasteiger charge is 2.13. The van der Waals surface area contributed by atoms with E-state index in [1.54, 1.807) is 0 Å². The molecule has 0 saturated carbocycles. The number of hydrogen-bond donors (Lipinski definition) is 1. The summed E-state index contributed by atoms with van der Waals surface area (Å²) >= 11 is 0. The molecule has 0 atom stereocenters. The molecule has 5 heteroatoms. The first-order chi connectivity index (χ1) is 14.6. The fourth-order valence-electron chi connectivity index (χ4n) is 3.71. The molecule has 0 aliphatic rings. The molecule has 4 rings (SSSR count). The molecule has 3 aromatic carbocycles. The Balaban J connectivity index is 1.39. The largest absolute Gasteiger partial charge is 0.494 e. The van der Waals surface area contributed by atoms with Crippen LogP contribution in [-0.4, -0.2) is 28.9 Å². The fraction of sp³-hybridized carbons (Fsp3) is 0.240. The van der Waals surface area contributed by atoms with Gasteiger partial charge in [-0.3, -0.25) is 4.79 Å². The van der Waals surface area contributed by atoms with Gasteiger partial charge in [-0.15, -0.1) is 0 Å². The summed E-state index contributed by atoms with van der Waals surface area (Å²) in [5, 5.41) is 11.4. The predicted molar refractivity (Wildman–Crippen MR) is 118 cm³/mol. The highest BCUT2D eigenvalue weighted by atomic mass is 16.5. The third-order valence-corrected chi connectivity index (χ3v) is 5.10. The van der Waals surface area contributed by atoms with Crippen molar-refractivity contribution in [2.75, 3.05) is 13.2 Å². The predicted octanol–water partition coefficient (Wildman–Crippen LogP) is 5.43. The molecule has 0 spiro atoms. The molecule has 4 aromatic rings. The number of hydrogen-bond acceptors (Lipinski definition) is 3. The first-order valence-electron chi connectivity index (χ1n) is 10.2. The van der Waals surface area contributed by atoms with Crippen LogP contribution >= 0.6 is 0 Å². The van der Waals surface area contributed by atoms with E-state index in [9.17, 15) is 9.90 Å².